The van der Waals surface area contributed by atoms with Gasteiger partial charge < -0.3 is 0 Å². The van der Waals surface area contributed by atoms with Crippen LogP contribution in [0.4, 0.5) is 0 Å². The quantitative estimate of drug-likeness (QED) is 0.0764. The zero-order chi connectivity index (χ0) is 73.9. The summed E-state index contributed by atoms with van der Waals surface area (Å²) in [5.74, 6) is 0.565. The van der Waals surface area contributed by atoms with E-state index < -0.39 is 40.4 Å². The van der Waals surface area contributed by atoms with Crippen LogP contribution >= 0.6 is 0 Å². The lowest BCUT2D eigenvalue weighted by Crippen LogP contribution is -2.47. The van der Waals surface area contributed by atoms with Crippen molar-refractivity contribution >= 4 is 66.3 Å². The predicted molar refractivity (Wildman–Crippen MR) is 446 cm³/mol. The standard InChI is InChI=1S/2C19H28NSi.C18H26NSi.C17H24NSi.C16H22NSi/c1-14(2)17-12-18(16-11-9-8-10-15(16)3)20(4)13-19(17)21(5,6)7;1-7-10-16-13-18(17-12-9-8-11-15(17)2)20(3)14-19(16)21(4,5)6;1-7-15-12-17(16-11-9-8-10-14(16)2)19(3)13-18(15)20(4,5)6;1-13-9-7-8-10-15(13)16-11-14(2)17(12-18(16)3)19(4,5)6;1-13-8-6-7-9-15(13)16-11-10-14(12-17(16)2)18(3,4)5/h8-14H,1-7H3;8-9,11-14H,7,10H2,1-6H3;8-13H,7H2,1-6H3;7-12H,1-6H3;6-12H,1-5H3/q5*+1. The summed E-state index contributed by atoms with van der Waals surface area (Å²) in [5.41, 5.74) is 25.9. The molecule has 0 fully saturated rings. The third-order valence-corrected chi connectivity index (χ3v) is 29.7. The highest BCUT2D eigenvalue weighted by atomic mass is 28.3. The lowest BCUT2D eigenvalue weighted by Gasteiger charge is -2.22. The Hall–Kier alpha value is -7.07. The summed E-state index contributed by atoms with van der Waals surface area (Å²) in [6, 6.07) is 57.3. The summed E-state index contributed by atoms with van der Waals surface area (Å²) in [7, 11) is 4.42. The van der Waals surface area contributed by atoms with Gasteiger partial charge in [-0.05, 0) is 141 Å². The predicted octanol–water partition coefficient (Wildman–Crippen LogP) is 18.1. The molecule has 5 aromatic carbocycles. The van der Waals surface area contributed by atoms with Gasteiger partial charge in [0.25, 0.3) is 0 Å². The van der Waals surface area contributed by atoms with Crippen LogP contribution in [0.25, 0.3) is 56.3 Å². The van der Waals surface area contributed by atoms with E-state index in [0.717, 1.165) is 6.42 Å². The minimum atomic E-state index is -1.33. The van der Waals surface area contributed by atoms with Crippen LogP contribution in [0, 0.1) is 41.5 Å². The largest absolute Gasteiger partial charge is 0.212 e. The molecule has 0 spiro atoms. The second kappa shape index (κ2) is 34.1. The van der Waals surface area contributed by atoms with Crippen molar-refractivity contribution in [2.24, 2.45) is 35.2 Å². The van der Waals surface area contributed by atoms with Gasteiger partial charge in [-0.3, -0.25) is 0 Å². The Balaban J connectivity index is 0.000000195. The Morgan fingerprint density at radius 2 is 0.586 bits per heavy atom. The molecule has 0 saturated heterocycles. The molecular weight excluding hydrogens is 1280 g/mol. The Labute approximate surface area is 607 Å². The Bertz CT molecular complexity index is 4390. The van der Waals surface area contributed by atoms with Gasteiger partial charge in [-0.2, -0.15) is 0 Å². The fourth-order valence-corrected chi connectivity index (χ4v) is 21.9. The van der Waals surface area contributed by atoms with Crippen molar-refractivity contribution in [1.82, 2.24) is 0 Å². The van der Waals surface area contributed by atoms with Gasteiger partial charge in [-0.15, -0.1) is 0 Å². The third-order valence-electron chi connectivity index (χ3n) is 19.4. The van der Waals surface area contributed by atoms with Crippen molar-refractivity contribution in [3.63, 3.8) is 0 Å². The lowest BCUT2D eigenvalue weighted by atomic mass is 9.99. The van der Waals surface area contributed by atoms with Gasteiger partial charge in [0, 0.05) is 84.1 Å². The maximum atomic E-state index is 2.44. The van der Waals surface area contributed by atoms with E-state index >= 15 is 0 Å². The Morgan fingerprint density at radius 1 is 0.293 bits per heavy atom. The molecular formula is C89H128N5Si5+5. The van der Waals surface area contributed by atoms with Crippen LogP contribution in [0.5, 0.6) is 0 Å². The van der Waals surface area contributed by atoms with E-state index in [1.807, 2.05) is 0 Å². The minimum Gasteiger partial charge on any atom is -0.201 e. The van der Waals surface area contributed by atoms with Crippen LogP contribution in [0.2, 0.25) is 98.2 Å². The molecule has 99 heavy (non-hydrogen) atoms. The molecule has 10 aromatic rings. The zero-order valence-corrected chi connectivity index (χ0v) is 72.3. The molecule has 0 atom stereocenters. The number of aromatic nitrogens is 5. The monoisotopic (exact) mass is 1410 g/mol. The highest BCUT2D eigenvalue weighted by Gasteiger charge is 2.31. The topological polar surface area (TPSA) is 19.4 Å². The van der Waals surface area contributed by atoms with E-state index in [1.54, 1.807) is 26.3 Å². The first-order valence-electron chi connectivity index (χ1n) is 36.5. The molecule has 0 bridgehead atoms. The number of aryl methyl sites for hydroxylation is 13. The molecule has 0 radical (unpaired) electrons. The van der Waals surface area contributed by atoms with Crippen LogP contribution in [-0.4, -0.2) is 40.4 Å². The molecule has 5 nitrogen and oxygen atoms in total. The average molecular weight is 1410 g/mol. The summed E-state index contributed by atoms with van der Waals surface area (Å²) in [4.78, 5) is 0. The zero-order valence-electron chi connectivity index (χ0n) is 67.3. The van der Waals surface area contributed by atoms with Crippen LogP contribution in [0.15, 0.2) is 189 Å². The molecule has 0 amide bonds. The molecule has 5 aromatic heterocycles. The van der Waals surface area contributed by atoms with Crippen LogP contribution in [0.1, 0.15) is 90.1 Å². The molecule has 10 heteroatoms. The van der Waals surface area contributed by atoms with E-state index in [9.17, 15) is 0 Å². The SMILES string of the molecule is CCCc1cc(-c2ccccc2C)[n+](C)cc1[Si](C)(C)C.CCc1cc(-c2ccccc2C)[n+](C)cc1[Si](C)(C)C.Cc1ccccc1-c1cc(C(C)C)c([Si](C)(C)C)c[n+]1C.Cc1ccccc1-c1cc(C)c([Si](C)(C)C)c[n+]1C.Cc1ccccc1-c1ccc([Si](C)(C)C)c[n+]1C. The first-order chi connectivity index (χ1) is 46.1. The second-order valence-corrected chi connectivity index (χ2v) is 58.7. The molecule has 10 rings (SSSR count). The molecule has 0 aliphatic heterocycles. The van der Waals surface area contributed by atoms with Crippen molar-refractivity contribution in [1.29, 1.82) is 0 Å². The number of hydrogen-bond donors (Lipinski definition) is 0. The van der Waals surface area contributed by atoms with Gasteiger partial charge in [-0.1, -0.05) is 229 Å². The summed E-state index contributed by atoms with van der Waals surface area (Å²) >= 11 is 0. The highest BCUT2D eigenvalue weighted by molar-refractivity contribution is 6.90. The van der Waals surface area contributed by atoms with E-state index in [-0.39, 0.29) is 0 Å². The van der Waals surface area contributed by atoms with E-state index in [2.05, 4.69) is 414 Å². The van der Waals surface area contributed by atoms with Crippen LogP contribution in [-0.2, 0) is 48.1 Å². The smallest absolute Gasteiger partial charge is 0.201 e. The molecule has 0 aliphatic carbocycles. The molecule has 5 heterocycles. The fourth-order valence-electron chi connectivity index (χ4n) is 13.5. The van der Waals surface area contributed by atoms with E-state index in [0.29, 0.717) is 5.92 Å². The second-order valence-electron chi connectivity index (χ2n) is 33.4. The van der Waals surface area contributed by atoms with Crippen molar-refractivity contribution in [3.05, 3.63) is 239 Å². The van der Waals surface area contributed by atoms with Crippen LogP contribution in [0.3, 0.4) is 0 Å². The minimum absolute atomic E-state index is 0.565. The van der Waals surface area contributed by atoms with E-state index in [1.165, 1.54) is 119 Å². The van der Waals surface area contributed by atoms with Gasteiger partial charge >= 0.3 is 0 Å². The first-order valence-corrected chi connectivity index (χ1v) is 54.0. The average Bonchev–Trinajstić information content (AvgIpc) is 0.800. The Morgan fingerprint density at radius 3 is 0.899 bits per heavy atom. The lowest BCUT2D eigenvalue weighted by molar-refractivity contribution is -0.659. The molecule has 524 valence electrons. The van der Waals surface area contributed by atoms with Gasteiger partial charge in [0.2, 0.25) is 28.5 Å². The number of pyridine rings is 5. The Kier molecular flexibility index (Phi) is 27.8. The normalized spacial score (nSPS) is 11.7. The molecule has 0 saturated carbocycles. The van der Waals surface area contributed by atoms with Crippen LogP contribution < -0.4 is 48.8 Å². The maximum absolute atomic E-state index is 2.44. The molecule has 0 aliphatic rings. The van der Waals surface area contributed by atoms with Gasteiger partial charge in [-0.25, -0.2) is 22.8 Å². The fraction of sp³-hybridized carbons (Fsp3) is 0.382. The van der Waals surface area contributed by atoms with Gasteiger partial charge in [0.1, 0.15) is 35.2 Å². The third kappa shape index (κ3) is 21.3. The summed E-state index contributed by atoms with van der Waals surface area (Å²) < 4.78 is 11.5. The van der Waals surface area contributed by atoms with Crippen molar-refractivity contribution in [2.75, 3.05) is 0 Å². The number of hydrogen-bond acceptors (Lipinski definition) is 0. The van der Waals surface area contributed by atoms with E-state index in [4.69, 9.17) is 0 Å². The summed E-state index contributed by atoms with van der Waals surface area (Å²) in [6.07, 6.45) is 15.3. The van der Waals surface area contributed by atoms with Crippen molar-refractivity contribution in [3.8, 4) is 56.3 Å². The van der Waals surface area contributed by atoms with Crippen molar-refractivity contribution < 1.29 is 22.8 Å². The number of rotatable bonds is 14. The van der Waals surface area contributed by atoms with Gasteiger partial charge in [0.15, 0.2) is 31.0 Å². The van der Waals surface area contributed by atoms with Crippen molar-refractivity contribution in [2.45, 2.75) is 193 Å². The first kappa shape index (κ1) is 80.9. The highest BCUT2D eigenvalue weighted by Crippen LogP contribution is 2.28. The summed E-state index contributed by atoms with van der Waals surface area (Å²) in [5, 5.41) is 7.82. The molecule has 0 unspecified atom stereocenters. The van der Waals surface area contributed by atoms with Gasteiger partial charge in [0.05, 0.1) is 40.4 Å². The maximum Gasteiger partial charge on any atom is 0.212 e. The molecule has 0 N–H and O–H groups in total. The number of nitrogens with zero attached hydrogens (tertiary/aromatic N) is 5. The summed E-state index contributed by atoms with van der Waals surface area (Å²) in [6.45, 7) is 58.6. The number of benzene rings is 5.